The fourth-order valence-electron chi connectivity index (χ4n) is 2.11. The number of hydrogen-bond donors (Lipinski definition) is 0. The minimum absolute atomic E-state index is 0.510. The minimum atomic E-state index is 0.510. The quantitative estimate of drug-likeness (QED) is 0.797. The molecule has 0 aliphatic heterocycles. The van der Waals surface area contributed by atoms with Gasteiger partial charge in [-0.1, -0.05) is 0 Å². The Balaban J connectivity index is 2.07. The molecular weight excluding hydrogens is 320 g/mol. The van der Waals surface area contributed by atoms with Gasteiger partial charge in [-0.3, -0.25) is 0 Å². The van der Waals surface area contributed by atoms with Gasteiger partial charge in [0.25, 0.3) is 0 Å². The highest BCUT2D eigenvalue weighted by Gasteiger charge is 2.27. The Morgan fingerprint density at radius 1 is 1.10 bits per heavy atom. The molecule has 0 N–H and O–H groups in total. The van der Waals surface area contributed by atoms with Crippen LogP contribution in [0.2, 0.25) is 0 Å². The second-order valence-electron chi connectivity index (χ2n) is 4.77. The SMILES string of the molecule is COc1ccc(-c2cc(Br)nc(C3CC3)n2)c(OC)c1. The van der Waals surface area contributed by atoms with Crippen LogP contribution >= 0.6 is 15.9 Å². The van der Waals surface area contributed by atoms with Gasteiger partial charge in [-0.05, 0) is 47.0 Å². The number of aromatic nitrogens is 2. The van der Waals surface area contributed by atoms with Gasteiger partial charge in [0.15, 0.2) is 0 Å². The lowest BCUT2D eigenvalue weighted by Crippen LogP contribution is -1.97. The Kier molecular flexibility index (Phi) is 3.61. The fraction of sp³-hybridized carbons (Fsp3) is 0.333. The number of methoxy groups -OCH3 is 2. The third-order valence-electron chi connectivity index (χ3n) is 3.34. The lowest BCUT2D eigenvalue weighted by molar-refractivity contribution is 0.395. The minimum Gasteiger partial charge on any atom is -0.497 e. The molecule has 1 fully saturated rings. The molecule has 0 atom stereocenters. The van der Waals surface area contributed by atoms with Gasteiger partial charge in [0, 0.05) is 17.5 Å². The average molecular weight is 335 g/mol. The zero-order chi connectivity index (χ0) is 14.1. The maximum absolute atomic E-state index is 5.44. The molecule has 0 saturated heterocycles. The maximum atomic E-state index is 5.44. The normalized spacial score (nSPS) is 14.2. The zero-order valence-electron chi connectivity index (χ0n) is 11.4. The molecule has 1 aliphatic carbocycles. The van der Waals surface area contributed by atoms with E-state index in [9.17, 15) is 0 Å². The van der Waals surface area contributed by atoms with Crippen LogP contribution in [0.15, 0.2) is 28.9 Å². The lowest BCUT2D eigenvalue weighted by atomic mass is 10.1. The van der Waals surface area contributed by atoms with Crippen molar-refractivity contribution in [1.29, 1.82) is 0 Å². The van der Waals surface area contributed by atoms with E-state index in [1.807, 2.05) is 24.3 Å². The van der Waals surface area contributed by atoms with Crippen molar-refractivity contribution in [2.45, 2.75) is 18.8 Å². The third-order valence-corrected chi connectivity index (χ3v) is 3.75. The van der Waals surface area contributed by atoms with Gasteiger partial charge in [0.2, 0.25) is 0 Å². The predicted molar refractivity (Wildman–Crippen MR) is 80.2 cm³/mol. The van der Waals surface area contributed by atoms with Crippen molar-refractivity contribution < 1.29 is 9.47 Å². The standard InChI is InChI=1S/C15H15BrN2O2/c1-19-10-5-6-11(13(7-10)20-2)12-8-14(16)18-15(17-12)9-3-4-9/h5-9H,3-4H2,1-2H3. The molecular formula is C15H15BrN2O2. The van der Waals surface area contributed by atoms with Crippen molar-refractivity contribution in [1.82, 2.24) is 9.97 Å². The molecule has 0 radical (unpaired) electrons. The van der Waals surface area contributed by atoms with Crippen LogP contribution in [0.4, 0.5) is 0 Å². The highest BCUT2D eigenvalue weighted by atomic mass is 79.9. The second kappa shape index (κ2) is 5.40. The first-order chi connectivity index (χ1) is 9.71. The first kappa shape index (κ1) is 13.4. The van der Waals surface area contributed by atoms with Crippen molar-refractivity contribution in [3.63, 3.8) is 0 Å². The van der Waals surface area contributed by atoms with Crippen LogP contribution in [0, 0.1) is 0 Å². The molecule has 20 heavy (non-hydrogen) atoms. The second-order valence-corrected chi connectivity index (χ2v) is 5.59. The van der Waals surface area contributed by atoms with Gasteiger partial charge in [0.05, 0.1) is 19.9 Å². The molecule has 1 heterocycles. The van der Waals surface area contributed by atoms with Crippen LogP contribution in [-0.4, -0.2) is 24.2 Å². The maximum Gasteiger partial charge on any atom is 0.133 e. The summed E-state index contributed by atoms with van der Waals surface area (Å²) in [7, 11) is 3.29. The van der Waals surface area contributed by atoms with Gasteiger partial charge < -0.3 is 9.47 Å². The van der Waals surface area contributed by atoms with Crippen LogP contribution in [0.25, 0.3) is 11.3 Å². The summed E-state index contributed by atoms with van der Waals surface area (Å²) in [6.07, 6.45) is 2.35. The smallest absolute Gasteiger partial charge is 0.133 e. The van der Waals surface area contributed by atoms with Gasteiger partial charge in [-0.25, -0.2) is 9.97 Å². The highest BCUT2D eigenvalue weighted by molar-refractivity contribution is 9.10. The zero-order valence-corrected chi connectivity index (χ0v) is 13.0. The first-order valence-electron chi connectivity index (χ1n) is 6.48. The average Bonchev–Trinajstić information content (AvgIpc) is 3.30. The predicted octanol–water partition coefficient (Wildman–Crippen LogP) is 3.80. The number of benzene rings is 1. The van der Waals surface area contributed by atoms with Crippen LogP contribution in [-0.2, 0) is 0 Å². The largest absolute Gasteiger partial charge is 0.497 e. The van der Waals surface area contributed by atoms with E-state index in [1.165, 1.54) is 12.8 Å². The number of hydrogen-bond acceptors (Lipinski definition) is 4. The van der Waals surface area contributed by atoms with Crippen LogP contribution in [0.1, 0.15) is 24.6 Å². The number of halogens is 1. The molecule has 0 unspecified atom stereocenters. The molecule has 2 aromatic rings. The van der Waals surface area contributed by atoms with Gasteiger partial charge in [-0.2, -0.15) is 0 Å². The summed E-state index contributed by atoms with van der Waals surface area (Å²) in [6.45, 7) is 0. The van der Waals surface area contributed by atoms with E-state index < -0.39 is 0 Å². The highest BCUT2D eigenvalue weighted by Crippen LogP contribution is 2.40. The summed E-state index contributed by atoms with van der Waals surface area (Å²) < 4.78 is 11.5. The molecule has 1 aromatic carbocycles. The summed E-state index contributed by atoms with van der Waals surface area (Å²) in [5.74, 6) is 2.93. The van der Waals surface area contributed by atoms with Crippen LogP contribution in [0.5, 0.6) is 11.5 Å². The van der Waals surface area contributed by atoms with E-state index in [0.29, 0.717) is 5.92 Å². The summed E-state index contributed by atoms with van der Waals surface area (Å²) in [5.41, 5.74) is 1.81. The molecule has 0 spiro atoms. The molecule has 1 saturated carbocycles. The van der Waals surface area contributed by atoms with E-state index in [-0.39, 0.29) is 0 Å². The Bertz CT molecular complexity index is 642. The van der Waals surface area contributed by atoms with E-state index >= 15 is 0 Å². The molecule has 0 amide bonds. The van der Waals surface area contributed by atoms with Crippen molar-refractivity contribution in [3.05, 3.63) is 34.7 Å². The molecule has 1 aliphatic rings. The van der Waals surface area contributed by atoms with Crippen LogP contribution in [0.3, 0.4) is 0 Å². The molecule has 3 rings (SSSR count). The number of nitrogens with zero attached hydrogens (tertiary/aromatic N) is 2. The van der Waals surface area contributed by atoms with Gasteiger partial charge >= 0.3 is 0 Å². The van der Waals surface area contributed by atoms with Gasteiger partial charge in [-0.15, -0.1) is 0 Å². The van der Waals surface area contributed by atoms with Gasteiger partial charge in [0.1, 0.15) is 21.9 Å². The van der Waals surface area contributed by atoms with E-state index in [2.05, 4.69) is 25.9 Å². The van der Waals surface area contributed by atoms with E-state index in [1.54, 1.807) is 14.2 Å². The number of ether oxygens (including phenoxy) is 2. The summed E-state index contributed by atoms with van der Waals surface area (Å²) in [6, 6.07) is 7.64. The van der Waals surface area contributed by atoms with Crippen molar-refractivity contribution in [3.8, 4) is 22.8 Å². The molecule has 0 bridgehead atoms. The first-order valence-corrected chi connectivity index (χ1v) is 7.27. The van der Waals surface area contributed by atoms with E-state index in [4.69, 9.17) is 9.47 Å². The third kappa shape index (κ3) is 2.63. The summed E-state index contributed by atoms with van der Waals surface area (Å²) in [4.78, 5) is 9.12. The fourth-order valence-corrected chi connectivity index (χ4v) is 2.51. The van der Waals surface area contributed by atoms with Crippen molar-refractivity contribution in [2.24, 2.45) is 0 Å². The summed E-state index contributed by atoms with van der Waals surface area (Å²) >= 11 is 3.46. The molecule has 1 aromatic heterocycles. The topological polar surface area (TPSA) is 44.2 Å². The van der Waals surface area contributed by atoms with Crippen molar-refractivity contribution >= 4 is 15.9 Å². The summed E-state index contributed by atoms with van der Waals surface area (Å²) in [5, 5.41) is 0. The number of rotatable bonds is 4. The molecule has 104 valence electrons. The monoisotopic (exact) mass is 334 g/mol. The Labute approximate surface area is 126 Å². The molecule has 5 heteroatoms. The Morgan fingerprint density at radius 2 is 1.90 bits per heavy atom. The van der Waals surface area contributed by atoms with Crippen molar-refractivity contribution in [2.75, 3.05) is 14.2 Å². The Hall–Kier alpha value is -1.62. The lowest BCUT2D eigenvalue weighted by Gasteiger charge is -2.11. The van der Waals surface area contributed by atoms with Crippen LogP contribution < -0.4 is 9.47 Å². The Morgan fingerprint density at radius 3 is 2.55 bits per heavy atom. The van der Waals surface area contributed by atoms with E-state index in [0.717, 1.165) is 33.2 Å². The molecule has 4 nitrogen and oxygen atoms in total.